The van der Waals surface area contributed by atoms with Crippen molar-refractivity contribution in [3.63, 3.8) is 0 Å². The summed E-state index contributed by atoms with van der Waals surface area (Å²) < 4.78 is 57.4. The van der Waals surface area contributed by atoms with Gasteiger partial charge >= 0.3 is 0 Å². The molecule has 0 spiro atoms. The summed E-state index contributed by atoms with van der Waals surface area (Å²) in [5.74, 6) is -0.672. The van der Waals surface area contributed by atoms with E-state index in [2.05, 4.69) is 5.48 Å². The van der Waals surface area contributed by atoms with Crippen LogP contribution in [0.5, 0.6) is 5.75 Å². The molecule has 34 heavy (non-hydrogen) atoms. The lowest BCUT2D eigenvalue weighted by Crippen LogP contribution is -2.51. The molecule has 0 aliphatic carbocycles. The summed E-state index contributed by atoms with van der Waals surface area (Å²) in [6.07, 6.45) is 0.785. The average Bonchev–Trinajstić information content (AvgIpc) is 2.76. The molecule has 0 heterocycles. The highest BCUT2D eigenvalue weighted by Gasteiger charge is 2.37. The second-order valence-electron chi connectivity index (χ2n) is 8.83. The van der Waals surface area contributed by atoms with Gasteiger partial charge in [0.2, 0.25) is 10.0 Å². The van der Waals surface area contributed by atoms with E-state index in [-0.39, 0.29) is 23.6 Å². The highest BCUT2D eigenvalue weighted by Crippen LogP contribution is 2.25. The van der Waals surface area contributed by atoms with E-state index in [0.29, 0.717) is 11.3 Å². The van der Waals surface area contributed by atoms with Crippen molar-refractivity contribution in [2.75, 3.05) is 19.1 Å². The zero-order valence-corrected chi connectivity index (χ0v) is 21.6. The van der Waals surface area contributed by atoms with Gasteiger partial charge in [0.25, 0.3) is 5.91 Å². The first-order chi connectivity index (χ1) is 15.7. The van der Waals surface area contributed by atoms with Gasteiger partial charge in [-0.2, -0.15) is 4.31 Å². The Hall–Kier alpha value is -2.47. The Kier molecular flexibility index (Phi) is 9.23. The number of hydrogen-bond acceptors (Lipinski definition) is 7. The maximum atomic E-state index is 13.7. The van der Waals surface area contributed by atoms with E-state index in [0.717, 1.165) is 10.6 Å². The number of sulfone groups is 1. The zero-order chi connectivity index (χ0) is 25.6. The molecule has 2 aromatic rings. The van der Waals surface area contributed by atoms with Crippen LogP contribution in [0.4, 0.5) is 0 Å². The summed E-state index contributed by atoms with van der Waals surface area (Å²) in [5.41, 5.74) is 2.20. The smallest absolute Gasteiger partial charge is 0.262 e. The normalized spacial score (nSPS) is 13.5. The first kappa shape index (κ1) is 27.8. The third-order valence-corrected chi connectivity index (χ3v) is 7.56. The minimum atomic E-state index is -4.22. The van der Waals surface area contributed by atoms with Crippen LogP contribution in [0.25, 0.3) is 0 Å². The van der Waals surface area contributed by atoms with E-state index in [9.17, 15) is 21.6 Å². The molecule has 0 bridgehead atoms. The van der Waals surface area contributed by atoms with Crippen LogP contribution in [0, 0.1) is 0 Å². The molecule has 1 N–H and O–H groups in total. The molecule has 9 nitrogen and oxygen atoms in total. The number of sulfonamides is 1. The van der Waals surface area contributed by atoms with Gasteiger partial charge in [0.05, 0.1) is 23.4 Å². The third kappa shape index (κ3) is 8.39. The summed E-state index contributed by atoms with van der Waals surface area (Å²) in [5, 5.41) is 0. The number of benzene rings is 2. The predicted octanol–water partition coefficient (Wildman–Crippen LogP) is 2.54. The van der Waals surface area contributed by atoms with Gasteiger partial charge in [-0.3, -0.25) is 9.63 Å². The topological polar surface area (TPSA) is 119 Å². The number of hydroxylamine groups is 1. The van der Waals surface area contributed by atoms with Gasteiger partial charge in [0.1, 0.15) is 21.6 Å². The van der Waals surface area contributed by atoms with E-state index in [1.165, 1.54) is 31.4 Å². The maximum absolute atomic E-state index is 13.7. The molecule has 0 aliphatic rings. The summed E-state index contributed by atoms with van der Waals surface area (Å²) in [4.78, 5) is 18.5. The Bertz CT molecular complexity index is 1160. The van der Waals surface area contributed by atoms with Gasteiger partial charge in [0, 0.05) is 12.8 Å². The molecule has 0 fully saturated rings. The maximum Gasteiger partial charge on any atom is 0.262 e. The van der Waals surface area contributed by atoms with E-state index in [1.807, 2.05) is 0 Å². The molecule has 1 atom stereocenters. The quantitative estimate of drug-likeness (QED) is 0.460. The van der Waals surface area contributed by atoms with Crippen LogP contribution in [-0.4, -0.2) is 57.8 Å². The van der Waals surface area contributed by atoms with Crippen LogP contribution in [0.1, 0.15) is 32.8 Å². The van der Waals surface area contributed by atoms with Crippen molar-refractivity contribution in [3.05, 3.63) is 60.2 Å². The number of nitrogens with zero attached hydrogens (tertiary/aromatic N) is 1. The first-order valence-electron chi connectivity index (χ1n) is 10.6. The fourth-order valence-electron chi connectivity index (χ4n) is 3.01. The molecule has 0 unspecified atom stereocenters. The fourth-order valence-corrected chi connectivity index (χ4v) is 5.27. The molecule has 0 saturated heterocycles. The number of rotatable bonds is 11. The van der Waals surface area contributed by atoms with Crippen molar-refractivity contribution in [3.8, 4) is 5.75 Å². The summed E-state index contributed by atoms with van der Waals surface area (Å²) in [7, 11) is -6.24. The van der Waals surface area contributed by atoms with Crippen molar-refractivity contribution in [2.24, 2.45) is 0 Å². The van der Waals surface area contributed by atoms with Crippen molar-refractivity contribution < 1.29 is 31.2 Å². The minimum absolute atomic E-state index is 0.0573. The number of amides is 1. The summed E-state index contributed by atoms with van der Waals surface area (Å²) in [6.45, 7) is 5.00. The van der Waals surface area contributed by atoms with Crippen molar-refractivity contribution in [1.29, 1.82) is 0 Å². The van der Waals surface area contributed by atoms with Crippen LogP contribution >= 0.6 is 0 Å². The molecule has 0 saturated carbocycles. The van der Waals surface area contributed by atoms with Gasteiger partial charge in [-0.05, 0) is 57.0 Å². The molecule has 0 aromatic heterocycles. The van der Waals surface area contributed by atoms with E-state index in [4.69, 9.17) is 9.57 Å². The van der Waals surface area contributed by atoms with Crippen LogP contribution in [-0.2, 0) is 36.0 Å². The first-order valence-corrected chi connectivity index (χ1v) is 14.1. The third-order valence-electron chi connectivity index (χ3n) is 4.72. The molecule has 0 radical (unpaired) electrons. The fraction of sp³-hybridized carbons (Fsp3) is 0.435. The number of methoxy groups -OCH3 is 1. The predicted molar refractivity (Wildman–Crippen MR) is 129 cm³/mol. The molecule has 188 valence electrons. The van der Waals surface area contributed by atoms with Gasteiger partial charge in [-0.1, -0.05) is 30.3 Å². The number of carbonyl (C=O) groups is 1. The van der Waals surface area contributed by atoms with E-state index < -0.39 is 37.4 Å². The number of ether oxygens (including phenoxy) is 1. The second-order valence-corrected chi connectivity index (χ2v) is 13.0. The van der Waals surface area contributed by atoms with Crippen LogP contribution in [0.15, 0.2) is 59.5 Å². The van der Waals surface area contributed by atoms with Crippen LogP contribution in [0.2, 0.25) is 0 Å². The molecule has 11 heteroatoms. The lowest BCUT2D eigenvalue weighted by atomic mass is 10.1. The summed E-state index contributed by atoms with van der Waals surface area (Å²) in [6, 6.07) is 13.2. The molecule has 0 aliphatic heterocycles. The highest BCUT2D eigenvalue weighted by atomic mass is 32.2. The lowest BCUT2D eigenvalue weighted by molar-refractivity contribution is -0.149. The minimum Gasteiger partial charge on any atom is -0.497 e. The summed E-state index contributed by atoms with van der Waals surface area (Å²) >= 11 is 0. The van der Waals surface area contributed by atoms with Gasteiger partial charge in [-0.15, -0.1) is 0 Å². The SMILES string of the molecule is COc1ccc(S(=O)(=O)N(Cc2ccccc2)[C@H](CCS(C)(=O)=O)C(=O)NOC(C)(C)C)cc1. The Morgan fingerprint density at radius 2 is 1.59 bits per heavy atom. The second kappa shape index (κ2) is 11.3. The molecule has 2 rings (SSSR count). The van der Waals surface area contributed by atoms with Gasteiger partial charge < -0.3 is 4.74 Å². The Morgan fingerprint density at radius 1 is 1.00 bits per heavy atom. The molecule has 1 amide bonds. The number of hydrogen-bond donors (Lipinski definition) is 1. The molecular formula is C23H32N2O7S2. The lowest BCUT2D eigenvalue weighted by Gasteiger charge is -2.31. The Balaban J connectivity index is 2.55. The molecule has 2 aromatic carbocycles. The van der Waals surface area contributed by atoms with Crippen LogP contribution in [0.3, 0.4) is 0 Å². The van der Waals surface area contributed by atoms with Crippen LogP contribution < -0.4 is 10.2 Å². The highest BCUT2D eigenvalue weighted by molar-refractivity contribution is 7.90. The number of carbonyl (C=O) groups excluding carboxylic acids is 1. The average molecular weight is 513 g/mol. The van der Waals surface area contributed by atoms with Crippen molar-refractivity contribution in [2.45, 2.75) is 50.3 Å². The van der Waals surface area contributed by atoms with Gasteiger partial charge in [0.15, 0.2) is 0 Å². The molecular weight excluding hydrogens is 480 g/mol. The number of nitrogens with one attached hydrogen (secondary N) is 1. The van der Waals surface area contributed by atoms with E-state index in [1.54, 1.807) is 51.1 Å². The van der Waals surface area contributed by atoms with Crippen molar-refractivity contribution >= 4 is 25.8 Å². The standard InChI is InChI=1S/C23H32N2O7S2/c1-23(2,3)32-24-22(26)21(15-16-33(5,27)28)25(17-18-9-7-6-8-10-18)34(29,30)20-13-11-19(31-4)12-14-20/h6-14,21H,15-17H2,1-5H3,(H,24,26)/t21-/m1/s1. The largest absolute Gasteiger partial charge is 0.497 e. The Labute approximate surface area is 202 Å². The van der Waals surface area contributed by atoms with Crippen molar-refractivity contribution in [1.82, 2.24) is 9.79 Å². The Morgan fingerprint density at radius 3 is 2.09 bits per heavy atom. The van der Waals surface area contributed by atoms with Gasteiger partial charge in [-0.25, -0.2) is 22.3 Å². The van der Waals surface area contributed by atoms with E-state index >= 15 is 0 Å². The zero-order valence-electron chi connectivity index (χ0n) is 20.0. The monoisotopic (exact) mass is 512 g/mol.